The van der Waals surface area contributed by atoms with Crippen molar-refractivity contribution in [2.45, 2.75) is 26.2 Å². The molecule has 1 aromatic heterocycles. The van der Waals surface area contributed by atoms with Gasteiger partial charge >= 0.3 is 0 Å². The second-order valence-electron chi connectivity index (χ2n) is 7.62. The van der Waals surface area contributed by atoms with Crippen LogP contribution in [0.25, 0.3) is 0 Å². The van der Waals surface area contributed by atoms with Crippen LogP contribution < -0.4 is 5.73 Å². The molecule has 1 amide bonds. The maximum absolute atomic E-state index is 12.6. The van der Waals surface area contributed by atoms with E-state index in [0.717, 1.165) is 32.6 Å². The number of aryl methyl sites for hydroxylation is 1. The summed E-state index contributed by atoms with van der Waals surface area (Å²) < 4.78 is 0. The van der Waals surface area contributed by atoms with Crippen LogP contribution >= 0.6 is 0 Å². The van der Waals surface area contributed by atoms with E-state index in [-0.39, 0.29) is 5.91 Å². The van der Waals surface area contributed by atoms with Gasteiger partial charge in [0.2, 0.25) is 0 Å². The van der Waals surface area contributed by atoms with Crippen LogP contribution in [0, 0.1) is 12.8 Å². The Balaban J connectivity index is 1.52. The number of carbonyl (C=O) groups excluding carboxylic acids is 1. The summed E-state index contributed by atoms with van der Waals surface area (Å²) in [6.45, 7) is 6.22. The third-order valence-corrected chi connectivity index (χ3v) is 5.43. The van der Waals surface area contributed by atoms with E-state index in [2.05, 4.69) is 41.1 Å². The van der Waals surface area contributed by atoms with Crippen LogP contribution in [-0.2, 0) is 6.42 Å². The number of anilines is 1. The highest BCUT2D eigenvalue weighted by molar-refractivity contribution is 5.92. The average molecular weight is 367 g/mol. The first-order valence-electron chi connectivity index (χ1n) is 9.78. The van der Waals surface area contributed by atoms with Gasteiger partial charge in [0.05, 0.1) is 0 Å². The van der Waals surface area contributed by atoms with Crippen molar-refractivity contribution >= 4 is 11.7 Å². The average Bonchev–Trinajstić information content (AvgIpc) is 2.67. The number of nitrogens with two attached hydrogens (primary N) is 1. The molecule has 0 bridgehead atoms. The number of nitrogens with zero attached hydrogens (tertiary/aromatic N) is 3. The van der Waals surface area contributed by atoms with Crippen molar-refractivity contribution in [1.82, 2.24) is 14.8 Å². The molecule has 0 spiro atoms. The molecule has 0 saturated carbocycles. The number of carbonyl (C=O) groups is 1. The number of pyridine rings is 1. The molecule has 2 heterocycles. The first-order valence-corrected chi connectivity index (χ1v) is 9.78. The van der Waals surface area contributed by atoms with Gasteiger partial charge < -0.3 is 15.5 Å². The van der Waals surface area contributed by atoms with Crippen LogP contribution in [-0.4, -0.2) is 53.9 Å². The normalized spacial score (nSPS) is 17.6. The number of amides is 1. The van der Waals surface area contributed by atoms with Gasteiger partial charge in [0, 0.05) is 26.7 Å². The van der Waals surface area contributed by atoms with Crippen molar-refractivity contribution in [1.29, 1.82) is 0 Å². The van der Waals surface area contributed by atoms with Crippen LogP contribution in [0.1, 0.15) is 34.5 Å². The van der Waals surface area contributed by atoms with Gasteiger partial charge in [0.1, 0.15) is 11.5 Å². The first-order chi connectivity index (χ1) is 13.0. The van der Waals surface area contributed by atoms with E-state index >= 15 is 0 Å². The lowest BCUT2D eigenvalue weighted by Gasteiger charge is -2.34. The summed E-state index contributed by atoms with van der Waals surface area (Å²) in [5, 5.41) is 0. The highest BCUT2D eigenvalue weighted by Crippen LogP contribution is 2.19. The van der Waals surface area contributed by atoms with E-state index < -0.39 is 0 Å². The molecular formula is C22H30N4O. The minimum atomic E-state index is -0.0562. The van der Waals surface area contributed by atoms with Gasteiger partial charge in [0.25, 0.3) is 5.91 Å². The molecule has 1 atom stereocenters. The lowest BCUT2D eigenvalue weighted by Crippen LogP contribution is -2.42. The Hall–Kier alpha value is -2.40. The Morgan fingerprint density at radius 3 is 2.85 bits per heavy atom. The molecule has 0 radical (unpaired) electrons. The third kappa shape index (κ3) is 5.30. The van der Waals surface area contributed by atoms with Crippen LogP contribution in [0.5, 0.6) is 0 Å². The molecule has 0 aliphatic carbocycles. The van der Waals surface area contributed by atoms with Crippen molar-refractivity contribution in [3.05, 3.63) is 59.3 Å². The summed E-state index contributed by atoms with van der Waals surface area (Å²) in [6, 6.07) is 13.8. The molecule has 2 aromatic rings. The van der Waals surface area contributed by atoms with Crippen molar-refractivity contribution in [3.8, 4) is 0 Å². The maximum Gasteiger partial charge on any atom is 0.272 e. The molecule has 2 N–H and O–H groups in total. The van der Waals surface area contributed by atoms with Gasteiger partial charge in [0.15, 0.2) is 0 Å². The van der Waals surface area contributed by atoms with Gasteiger partial charge in [-0.25, -0.2) is 4.98 Å². The molecule has 1 aliphatic heterocycles. The summed E-state index contributed by atoms with van der Waals surface area (Å²) in [5.41, 5.74) is 8.92. The lowest BCUT2D eigenvalue weighted by atomic mass is 9.96. The van der Waals surface area contributed by atoms with E-state index in [1.54, 1.807) is 23.1 Å². The number of nitrogen functional groups attached to an aromatic ring is 1. The molecule has 5 heteroatoms. The van der Waals surface area contributed by atoms with E-state index in [1.807, 2.05) is 7.05 Å². The standard InChI is InChI=1S/C22H30N4O/c1-17-7-3-4-9-19(17)12-14-26-13-6-8-18(16-26)15-25(2)22(27)20-10-5-11-21(23)24-20/h3-5,7,9-11,18H,6,8,12-16H2,1-2H3,(H2,23,24). The fourth-order valence-electron chi connectivity index (χ4n) is 3.91. The number of benzene rings is 1. The van der Waals surface area contributed by atoms with Crippen molar-refractivity contribution in [3.63, 3.8) is 0 Å². The molecule has 27 heavy (non-hydrogen) atoms. The smallest absolute Gasteiger partial charge is 0.272 e. The van der Waals surface area contributed by atoms with Gasteiger partial charge in [-0.15, -0.1) is 0 Å². The monoisotopic (exact) mass is 366 g/mol. The summed E-state index contributed by atoms with van der Waals surface area (Å²) in [7, 11) is 1.86. The van der Waals surface area contributed by atoms with Crippen molar-refractivity contribution in [2.75, 3.05) is 39.0 Å². The zero-order valence-electron chi connectivity index (χ0n) is 16.4. The topological polar surface area (TPSA) is 62.5 Å². The summed E-state index contributed by atoms with van der Waals surface area (Å²) >= 11 is 0. The molecule has 144 valence electrons. The molecule has 3 rings (SSSR count). The van der Waals surface area contributed by atoms with Gasteiger partial charge in [-0.1, -0.05) is 30.3 Å². The number of likely N-dealkylation sites (tertiary alicyclic amines) is 1. The number of aromatic nitrogens is 1. The molecule has 1 unspecified atom stereocenters. The first kappa shape index (κ1) is 19.4. The minimum absolute atomic E-state index is 0.0562. The van der Waals surface area contributed by atoms with E-state index in [1.165, 1.54) is 24.0 Å². The number of hydrogen-bond acceptors (Lipinski definition) is 4. The molecule has 1 saturated heterocycles. The number of piperidine rings is 1. The molecule has 5 nitrogen and oxygen atoms in total. The number of hydrogen-bond donors (Lipinski definition) is 1. The Morgan fingerprint density at radius 1 is 1.26 bits per heavy atom. The highest BCUT2D eigenvalue weighted by atomic mass is 16.2. The van der Waals surface area contributed by atoms with Crippen molar-refractivity contribution < 1.29 is 4.79 Å². The van der Waals surface area contributed by atoms with Crippen LogP contribution in [0.3, 0.4) is 0 Å². The summed E-state index contributed by atoms with van der Waals surface area (Å²) in [4.78, 5) is 21.1. The van der Waals surface area contributed by atoms with E-state index in [9.17, 15) is 4.79 Å². The Labute approximate surface area is 162 Å². The Morgan fingerprint density at radius 2 is 2.07 bits per heavy atom. The van der Waals surface area contributed by atoms with Crippen LogP contribution in [0.15, 0.2) is 42.5 Å². The quantitative estimate of drug-likeness (QED) is 0.854. The molecule has 1 aliphatic rings. The Kier molecular flexibility index (Phi) is 6.45. The second-order valence-corrected chi connectivity index (χ2v) is 7.62. The second kappa shape index (κ2) is 9.00. The molecular weight excluding hydrogens is 336 g/mol. The number of rotatable bonds is 6. The Bertz CT molecular complexity index is 776. The fraction of sp³-hybridized carbons (Fsp3) is 0.455. The third-order valence-electron chi connectivity index (χ3n) is 5.43. The zero-order valence-corrected chi connectivity index (χ0v) is 16.4. The lowest BCUT2D eigenvalue weighted by molar-refractivity contribution is 0.0725. The summed E-state index contributed by atoms with van der Waals surface area (Å²) in [6.07, 6.45) is 3.45. The molecule has 1 fully saturated rings. The zero-order chi connectivity index (χ0) is 19.2. The SMILES string of the molecule is Cc1ccccc1CCN1CCCC(CN(C)C(=O)c2cccc(N)n2)C1. The van der Waals surface area contributed by atoms with Gasteiger partial charge in [-0.05, 0) is 61.9 Å². The van der Waals surface area contributed by atoms with Crippen molar-refractivity contribution in [2.24, 2.45) is 5.92 Å². The van der Waals surface area contributed by atoms with Gasteiger partial charge in [-0.2, -0.15) is 0 Å². The highest BCUT2D eigenvalue weighted by Gasteiger charge is 2.23. The van der Waals surface area contributed by atoms with E-state index in [4.69, 9.17) is 5.73 Å². The predicted octanol–water partition coefficient (Wildman–Crippen LogP) is 3.00. The van der Waals surface area contributed by atoms with Crippen LogP contribution in [0.2, 0.25) is 0 Å². The fourth-order valence-corrected chi connectivity index (χ4v) is 3.91. The summed E-state index contributed by atoms with van der Waals surface area (Å²) in [5.74, 6) is 0.833. The maximum atomic E-state index is 12.6. The largest absolute Gasteiger partial charge is 0.384 e. The van der Waals surface area contributed by atoms with E-state index in [0.29, 0.717) is 17.4 Å². The predicted molar refractivity (Wildman–Crippen MR) is 110 cm³/mol. The van der Waals surface area contributed by atoms with Gasteiger partial charge in [-0.3, -0.25) is 4.79 Å². The van der Waals surface area contributed by atoms with Crippen LogP contribution in [0.4, 0.5) is 5.82 Å². The molecule has 1 aromatic carbocycles. The minimum Gasteiger partial charge on any atom is -0.384 e.